The summed E-state index contributed by atoms with van der Waals surface area (Å²) < 4.78 is 96.0. The molecule has 1 nitrogen and oxygen atoms in total. The van der Waals surface area contributed by atoms with Gasteiger partial charge in [-0.2, -0.15) is 4.39 Å². The van der Waals surface area contributed by atoms with E-state index in [2.05, 4.69) is 41.5 Å². The van der Waals surface area contributed by atoms with Crippen LogP contribution in [0.5, 0.6) is 5.75 Å². The van der Waals surface area contributed by atoms with Crippen LogP contribution in [-0.2, 0) is 0 Å². The number of rotatable bonds is 23. The quantitative estimate of drug-likeness (QED) is 0.0481. The first kappa shape index (κ1) is 41.9. The molecule has 0 saturated carbocycles. The lowest BCUT2D eigenvalue weighted by Crippen LogP contribution is -2.45. The van der Waals surface area contributed by atoms with Gasteiger partial charge >= 0.3 is 0 Å². The second kappa shape index (κ2) is 19.2. The Morgan fingerprint density at radius 2 is 0.894 bits per heavy atom. The molecule has 270 valence electrons. The van der Waals surface area contributed by atoms with Gasteiger partial charge in [0, 0.05) is 6.07 Å². The normalized spacial score (nSPS) is 12.9. The molecule has 0 aliphatic rings. The first-order chi connectivity index (χ1) is 22.3. The molecule has 0 aromatic heterocycles. The highest BCUT2D eigenvalue weighted by Gasteiger charge is 2.42. The Morgan fingerprint density at radius 1 is 0.489 bits per heavy atom. The van der Waals surface area contributed by atoms with E-state index in [0.29, 0.717) is 12.1 Å². The third kappa shape index (κ3) is 10.1. The van der Waals surface area contributed by atoms with Crippen molar-refractivity contribution in [3.8, 4) is 5.75 Å². The smallest absolute Gasteiger partial charge is 0.254 e. The summed E-state index contributed by atoms with van der Waals surface area (Å²) in [7, 11) is -5.38. The van der Waals surface area contributed by atoms with Crippen molar-refractivity contribution in [2.24, 2.45) is 0 Å². The summed E-state index contributed by atoms with van der Waals surface area (Å²) in [6, 6.07) is 11.9. The van der Waals surface area contributed by atoms with E-state index in [1.807, 2.05) is 13.8 Å². The lowest BCUT2D eigenvalue weighted by atomic mass is 10.1. The highest BCUT2D eigenvalue weighted by Crippen LogP contribution is 2.42. The maximum atomic E-state index is 15.8. The summed E-state index contributed by atoms with van der Waals surface area (Å²) in [5, 5.41) is -2.48. The predicted molar refractivity (Wildman–Crippen MR) is 196 cm³/mol. The number of fused-ring (bicyclic) bond motifs is 1. The largest absolute Gasteiger partial charge is 0.539 e. The van der Waals surface area contributed by atoms with E-state index in [0.717, 1.165) is 38.5 Å². The molecule has 2 aromatic carbocycles. The lowest BCUT2D eigenvalue weighted by Gasteiger charge is -2.36. The van der Waals surface area contributed by atoms with Crippen molar-refractivity contribution < 1.29 is 30.8 Å². The Balaban J connectivity index is 2.33. The average molecular weight is 721 g/mol. The van der Waals surface area contributed by atoms with Crippen molar-refractivity contribution in [3.05, 3.63) is 41.0 Å². The highest BCUT2D eigenvalue weighted by atomic mass is 28.4. The molecule has 0 aliphatic heterocycles. The maximum Gasteiger partial charge on any atom is 0.254 e. The van der Waals surface area contributed by atoms with Gasteiger partial charge in [-0.25, -0.2) is 22.0 Å². The second-order valence-electron chi connectivity index (χ2n) is 14.4. The highest BCUT2D eigenvalue weighted by molar-refractivity contribution is 6.80. The SMILES string of the molecule is CC[Si](CC)(CC)CCCCCC[Si](CCCCCC[Si](CC)(CC)CC)(Oc1c(F)c(F)c2c(F)c(F)cc(F)c2c1F)C(C)C. The molecule has 0 bridgehead atoms. The van der Waals surface area contributed by atoms with Crippen LogP contribution in [0.4, 0.5) is 26.3 Å². The Bertz CT molecular complexity index is 1210. The van der Waals surface area contributed by atoms with Crippen molar-refractivity contribution in [2.75, 3.05) is 0 Å². The average Bonchev–Trinajstić information content (AvgIpc) is 3.06. The summed E-state index contributed by atoms with van der Waals surface area (Å²) in [4.78, 5) is 0. The van der Waals surface area contributed by atoms with E-state index in [1.54, 1.807) is 0 Å². The predicted octanol–water partition coefficient (Wildman–Crippen LogP) is 14.5. The molecular formula is C37H62F6OSi3. The lowest BCUT2D eigenvalue weighted by molar-refractivity contribution is 0.404. The fourth-order valence-electron chi connectivity index (χ4n) is 7.77. The van der Waals surface area contributed by atoms with E-state index >= 15 is 13.2 Å². The molecule has 0 N–H and O–H groups in total. The van der Waals surface area contributed by atoms with Gasteiger partial charge < -0.3 is 4.43 Å². The van der Waals surface area contributed by atoms with Gasteiger partial charge in [-0.05, 0) is 17.6 Å². The van der Waals surface area contributed by atoms with E-state index in [4.69, 9.17) is 4.43 Å². The second-order valence-corrected chi connectivity index (χ2v) is 30.2. The first-order valence-corrected chi connectivity index (χ1v) is 26.6. The van der Waals surface area contributed by atoms with Crippen molar-refractivity contribution in [2.45, 2.75) is 173 Å². The molecule has 0 heterocycles. The van der Waals surface area contributed by atoms with Gasteiger partial charge in [0.05, 0.1) is 26.9 Å². The van der Waals surface area contributed by atoms with Crippen LogP contribution in [0.15, 0.2) is 6.07 Å². The molecular weight excluding hydrogens is 659 g/mol. The van der Waals surface area contributed by atoms with Crippen molar-refractivity contribution in [1.82, 2.24) is 0 Å². The summed E-state index contributed by atoms with van der Waals surface area (Å²) in [5.74, 6) is -11.1. The van der Waals surface area contributed by atoms with Gasteiger partial charge in [0.2, 0.25) is 5.82 Å². The Kier molecular flexibility index (Phi) is 17.1. The molecule has 2 aromatic rings. The number of unbranched alkanes of at least 4 members (excludes halogenated alkanes) is 6. The van der Waals surface area contributed by atoms with Crippen LogP contribution in [0.25, 0.3) is 10.8 Å². The summed E-state index contributed by atoms with van der Waals surface area (Å²) in [6.45, 7) is 17.9. The standard InChI is InChI=1S/C37H62F6OSi3/c1-9-45(10-2,11-3)23-19-15-17-21-25-47(28(7)8,26-22-18-16-20-24-46(12-4,13-5)14-6)44-37-35(42)31-29(38)27-30(39)33(40)32(31)34(41)36(37)43/h27-28H,9-26H2,1-8H3. The van der Waals surface area contributed by atoms with E-state index in [9.17, 15) is 13.2 Å². The van der Waals surface area contributed by atoms with Crippen LogP contribution in [0.1, 0.15) is 107 Å². The van der Waals surface area contributed by atoms with Gasteiger partial charge in [0.15, 0.2) is 29.0 Å². The van der Waals surface area contributed by atoms with Gasteiger partial charge in [-0.15, -0.1) is 0 Å². The zero-order valence-electron chi connectivity index (χ0n) is 30.6. The molecule has 0 spiro atoms. The van der Waals surface area contributed by atoms with Crippen molar-refractivity contribution in [1.29, 1.82) is 0 Å². The molecule has 0 amide bonds. The van der Waals surface area contributed by atoms with Gasteiger partial charge in [-0.3, -0.25) is 0 Å². The Hall–Kier alpha value is -1.27. The molecule has 0 unspecified atom stereocenters. The first-order valence-electron chi connectivity index (χ1n) is 18.6. The van der Waals surface area contributed by atoms with Gasteiger partial charge in [0.25, 0.3) is 8.32 Å². The van der Waals surface area contributed by atoms with Crippen LogP contribution in [0.2, 0.25) is 66.0 Å². The summed E-state index contributed by atoms with van der Waals surface area (Å²) in [5.41, 5.74) is -0.0597. The minimum atomic E-state index is -2.98. The maximum absolute atomic E-state index is 15.8. The molecule has 10 heteroatoms. The monoisotopic (exact) mass is 720 g/mol. The number of benzene rings is 2. The topological polar surface area (TPSA) is 9.23 Å². The minimum absolute atomic E-state index is 0.0597. The molecule has 0 radical (unpaired) electrons. The van der Waals surface area contributed by atoms with E-state index in [-0.39, 0.29) is 11.6 Å². The van der Waals surface area contributed by atoms with E-state index in [1.165, 1.54) is 61.2 Å². The van der Waals surface area contributed by atoms with Gasteiger partial charge in [0.1, 0.15) is 5.82 Å². The number of hydrogen-bond donors (Lipinski definition) is 0. The van der Waals surface area contributed by atoms with E-state index < -0.39 is 75.9 Å². The summed E-state index contributed by atoms with van der Waals surface area (Å²) >= 11 is 0. The Morgan fingerprint density at radius 3 is 1.28 bits per heavy atom. The number of hydrogen-bond acceptors (Lipinski definition) is 1. The van der Waals surface area contributed by atoms with Crippen molar-refractivity contribution >= 4 is 35.2 Å². The molecule has 47 heavy (non-hydrogen) atoms. The summed E-state index contributed by atoms with van der Waals surface area (Å²) in [6.07, 6.45) is 8.12. The van der Waals surface area contributed by atoms with Crippen LogP contribution in [0.3, 0.4) is 0 Å². The molecule has 0 atom stereocenters. The van der Waals surface area contributed by atoms with Gasteiger partial charge in [-0.1, -0.05) is 155 Å². The molecule has 2 rings (SSSR count). The van der Waals surface area contributed by atoms with Crippen molar-refractivity contribution in [3.63, 3.8) is 0 Å². The zero-order valence-corrected chi connectivity index (χ0v) is 33.6. The third-order valence-corrected chi connectivity index (χ3v) is 29.1. The van der Waals surface area contributed by atoms with Crippen LogP contribution in [-0.4, -0.2) is 24.5 Å². The third-order valence-electron chi connectivity index (χ3n) is 12.2. The van der Waals surface area contributed by atoms with Crippen LogP contribution in [0, 0.1) is 34.9 Å². The van der Waals surface area contributed by atoms with Crippen LogP contribution < -0.4 is 4.43 Å². The number of halogens is 6. The Labute approximate surface area is 284 Å². The molecule has 0 aliphatic carbocycles. The fourth-order valence-corrected chi connectivity index (χ4v) is 19.0. The van der Waals surface area contributed by atoms with Crippen LogP contribution >= 0.6 is 0 Å². The molecule has 0 saturated heterocycles. The minimum Gasteiger partial charge on any atom is -0.539 e. The fraction of sp³-hybridized carbons (Fsp3) is 0.730. The molecule has 0 fully saturated rings. The zero-order chi connectivity index (χ0) is 35.4.